The summed E-state index contributed by atoms with van der Waals surface area (Å²) in [6.45, 7) is 7.56. The summed E-state index contributed by atoms with van der Waals surface area (Å²) in [5.74, 6) is 1.17. The predicted molar refractivity (Wildman–Crippen MR) is 42.3 cm³/mol. The number of rotatable bonds is 1. The Morgan fingerprint density at radius 1 is 1.83 bits per heavy atom. The van der Waals surface area contributed by atoms with E-state index in [0.717, 1.165) is 0 Å². The average Bonchev–Trinajstić information content (AvgIpc) is 1.35. The van der Waals surface area contributed by atoms with Gasteiger partial charge in [-0.2, -0.15) is 0 Å². The Morgan fingerprint density at radius 2 is 2.33 bits per heavy atom. The first-order chi connectivity index (χ1) is 2.77. The Kier molecular flexibility index (Phi) is 5.13. The van der Waals surface area contributed by atoms with Gasteiger partial charge in [-0.3, -0.25) is 0 Å². The third-order valence-corrected chi connectivity index (χ3v) is 2.52. The molecule has 0 aliphatic rings. The van der Waals surface area contributed by atoms with E-state index < -0.39 is 0 Å². The molecule has 3 heteroatoms. The van der Waals surface area contributed by atoms with Crippen LogP contribution in [-0.4, -0.2) is 12.3 Å². The summed E-state index contributed by atoms with van der Waals surface area (Å²) >= 11 is 2.25. The second-order valence-electron chi connectivity index (χ2n) is 1.07. The zero-order chi connectivity index (χ0) is 4.99. The van der Waals surface area contributed by atoms with Crippen LogP contribution in [0.5, 0.6) is 0 Å². The van der Waals surface area contributed by atoms with Crippen LogP contribution < -0.4 is 0 Å². The first-order valence-corrected chi connectivity index (χ1v) is 5.89. The molecular formula is C3H7BIS-. The minimum atomic E-state index is 0.154. The van der Waals surface area contributed by atoms with Gasteiger partial charge < -0.3 is 0 Å². The van der Waals surface area contributed by atoms with E-state index in [1.165, 1.54) is 12.2 Å². The molecule has 0 heterocycles. The van der Waals surface area contributed by atoms with Gasteiger partial charge in [0.1, 0.15) is 0 Å². The van der Waals surface area contributed by atoms with Crippen LogP contribution in [0.15, 0.2) is 0 Å². The SMILES string of the molecule is B#[S-](I)CCC. The van der Waals surface area contributed by atoms with E-state index in [1.807, 2.05) is 0 Å². The van der Waals surface area contributed by atoms with Crippen LogP contribution in [0.25, 0.3) is 0 Å². The molecule has 0 saturated carbocycles. The minimum absolute atomic E-state index is 0.154. The van der Waals surface area contributed by atoms with Gasteiger partial charge in [0.2, 0.25) is 0 Å². The Balaban J connectivity index is 2.91. The standard InChI is InChI=1S/C3H7BIS/c1-2-3-6(4)5/h2-3H2,1H3/q-1. The van der Waals surface area contributed by atoms with Gasteiger partial charge >= 0.3 is 54.1 Å². The fourth-order valence-electron chi connectivity index (χ4n) is 0.195. The van der Waals surface area contributed by atoms with Crippen LogP contribution in [0.3, 0.4) is 0 Å². The van der Waals surface area contributed by atoms with Gasteiger partial charge in [-0.25, -0.2) is 0 Å². The van der Waals surface area contributed by atoms with Crippen molar-refractivity contribution in [3.8, 4) is 0 Å². The molecule has 36 valence electrons. The number of hydrogen-bond acceptors (Lipinski definition) is 1. The molecule has 6 heavy (non-hydrogen) atoms. The van der Waals surface area contributed by atoms with E-state index in [4.69, 9.17) is 6.53 Å². The summed E-state index contributed by atoms with van der Waals surface area (Å²) in [5, 5.41) is 0. The summed E-state index contributed by atoms with van der Waals surface area (Å²) in [6.07, 6.45) is 1.21. The van der Waals surface area contributed by atoms with Crippen molar-refractivity contribution in [3.63, 3.8) is 0 Å². The van der Waals surface area contributed by atoms with Crippen LogP contribution in [0, 0.1) is 0 Å². The topological polar surface area (TPSA) is 0 Å². The predicted octanol–water partition coefficient (Wildman–Crippen LogP) is 1.45. The molecule has 0 aromatic carbocycles. The molecule has 0 bridgehead atoms. The summed E-state index contributed by atoms with van der Waals surface area (Å²) in [6, 6.07) is 0. The zero-order valence-electron chi connectivity index (χ0n) is 3.78. The van der Waals surface area contributed by atoms with Gasteiger partial charge in [-0.15, -0.1) is 0 Å². The molecule has 0 fully saturated rings. The molecule has 0 aliphatic heterocycles. The Bertz CT molecular complexity index is 82.5. The summed E-state index contributed by atoms with van der Waals surface area (Å²) < 4.78 is 0. The van der Waals surface area contributed by atoms with Gasteiger partial charge in [-0.1, -0.05) is 0 Å². The molecule has 0 atom stereocenters. The first-order valence-electron chi connectivity index (χ1n) is 1.89. The van der Waals surface area contributed by atoms with E-state index >= 15 is 0 Å². The maximum atomic E-state index is 5.42. The summed E-state index contributed by atoms with van der Waals surface area (Å²) in [7, 11) is 0.154. The van der Waals surface area contributed by atoms with Gasteiger partial charge in [0, 0.05) is 0 Å². The van der Waals surface area contributed by atoms with Gasteiger partial charge in [0.25, 0.3) is 0 Å². The van der Waals surface area contributed by atoms with E-state index in [2.05, 4.69) is 28.1 Å². The Morgan fingerprint density at radius 3 is 2.33 bits per heavy atom. The van der Waals surface area contributed by atoms with Crippen molar-refractivity contribution < 1.29 is 0 Å². The van der Waals surface area contributed by atoms with Crippen LogP contribution in [-0.2, 0) is 7.30 Å². The fourth-order valence-corrected chi connectivity index (χ4v) is 1.91. The molecular weight excluding hydrogens is 206 g/mol. The number of halogens is 1. The maximum absolute atomic E-state index is 5.42. The van der Waals surface area contributed by atoms with Crippen molar-refractivity contribution in [1.29, 1.82) is 0 Å². The number of hydrogen-bond donors (Lipinski definition) is 0. The van der Waals surface area contributed by atoms with Crippen molar-refractivity contribution in [2.45, 2.75) is 13.3 Å². The molecule has 0 aromatic rings. The third kappa shape index (κ3) is 5.14. The van der Waals surface area contributed by atoms with Crippen LogP contribution in [0.1, 0.15) is 13.3 Å². The summed E-state index contributed by atoms with van der Waals surface area (Å²) in [4.78, 5) is 0. The van der Waals surface area contributed by atoms with Gasteiger partial charge in [0.15, 0.2) is 0 Å². The molecule has 0 unspecified atom stereocenters. The quantitative estimate of drug-likeness (QED) is 0.351. The Labute approximate surface area is 54.1 Å². The van der Waals surface area contributed by atoms with Crippen molar-refractivity contribution >= 4 is 35.0 Å². The molecule has 0 saturated heterocycles. The third-order valence-electron chi connectivity index (χ3n) is 0.399. The van der Waals surface area contributed by atoms with E-state index in [9.17, 15) is 0 Å². The molecule has 0 amide bonds. The van der Waals surface area contributed by atoms with E-state index in [-0.39, 0.29) is 7.30 Å². The second-order valence-corrected chi connectivity index (χ2v) is 5.60. The molecule has 0 radical (unpaired) electrons. The molecule has 0 spiro atoms. The normalized spacial score (nSPS) is 10.2. The molecule has 0 rings (SSSR count). The zero-order valence-corrected chi connectivity index (χ0v) is 6.75. The molecule has 0 nitrogen and oxygen atoms in total. The molecule has 0 N–H and O–H groups in total. The van der Waals surface area contributed by atoms with Crippen molar-refractivity contribution in [2.24, 2.45) is 0 Å². The molecule has 0 aromatic heterocycles. The fraction of sp³-hybridized carbons (Fsp3) is 1.00. The molecule has 0 aliphatic carbocycles. The monoisotopic (exact) mass is 213 g/mol. The van der Waals surface area contributed by atoms with Crippen LogP contribution in [0.4, 0.5) is 0 Å². The van der Waals surface area contributed by atoms with E-state index in [1.54, 1.807) is 0 Å². The first kappa shape index (κ1) is 7.14. The van der Waals surface area contributed by atoms with Gasteiger partial charge in [-0.05, 0) is 0 Å². The van der Waals surface area contributed by atoms with E-state index in [0.29, 0.717) is 0 Å². The Hall–Kier alpha value is 1.14. The van der Waals surface area contributed by atoms with Gasteiger partial charge in [0.05, 0.1) is 0 Å². The van der Waals surface area contributed by atoms with Crippen molar-refractivity contribution in [2.75, 3.05) is 5.75 Å². The van der Waals surface area contributed by atoms with Crippen LogP contribution in [0.2, 0.25) is 0 Å². The average molecular weight is 213 g/mol. The van der Waals surface area contributed by atoms with Crippen molar-refractivity contribution in [1.82, 2.24) is 0 Å². The van der Waals surface area contributed by atoms with Crippen LogP contribution >= 0.6 is 21.2 Å². The summed E-state index contributed by atoms with van der Waals surface area (Å²) in [5.41, 5.74) is 0. The van der Waals surface area contributed by atoms with Crippen molar-refractivity contribution in [3.05, 3.63) is 0 Å². The second kappa shape index (κ2) is 4.31.